The summed E-state index contributed by atoms with van der Waals surface area (Å²) in [6.07, 6.45) is 10.0. The van der Waals surface area contributed by atoms with E-state index >= 15 is 0 Å². The van der Waals surface area contributed by atoms with E-state index < -0.39 is 0 Å². The Morgan fingerprint density at radius 3 is 1.46 bits per heavy atom. The summed E-state index contributed by atoms with van der Waals surface area (Å²) in [6, 6.07) is 0. The van der Waals surface area contributed by atoms with Crippen LogP contribution in [0.25, 0.3) is 0 Å². The molecule has 13 heavy (non-hydrogen) atoms. The number of rotatable bonds is 0. The number of carbonyl (C=O) groups excluding carboxylic acids is 3. The molecule has 0 N–H and O–H groups in total. The molecule has 0 unspecified atom stereocenters. The van der Waals surface area contributed by atoms with Crippen LogP contribution >= 0.6 is 0 Å². The third-order valence-electron chi connectivity index (χ3n) is 0.586. The first-order valence-corrected chi connectivity index (χ1v) is 2.58. The molecule has 0 aromatic rings. The summed E-state index contributed by atoms with van der Waals surface area (Å²) in [6.45, 7) is 6.00. The molecule has 0 aromatic carbocycles. The van der Waals surface area contributed by atoms with Crippen LogP contribution in [0.1, 0.15) is 6.42 Å². The van der Waals surface area contributed by atoms with E-state index in [1.165, 1.54) is 0 Å². The first-order chi connectivity index (χ1) is 5.50. The third kappa shape index (κ3) is 51.5. The van der Waals surface area contributed by atoms with E-state index in [-0.39, 0.29) is 33.5 Å². The molecule has 0 spiro atoms. The van der Waals surface area contributed by atoms with E-state index in [1.807, 2.05) is 32.5 Å². The van der Waals surface area contributed by atoms with Gasteiger partial charge in [-0.25, -0.2) is 12.2 Å². The van der Waals surface area contributed by atoms with Crippen LogP contribution in [0, 0.1) is 6.08 Å². The van der Waals surface area contributed by atoms with Gasteiger partial charge < -0.3 is 26.8 Å². The summed E-state index contributed by atoms with van der Waals surface area (Å²) in [5, 5.41) is 0. The summed E-state index contributed by atoms with van der Waals surface area (Å²) in [5.74, 6) is 0. The first kappa shape index (κ1) is 29.4. The van der Waals surface area contributed by atoms with Crippen LogP contribution in [0.5, 0.6) is 0 Å². The van der Waals surface area contributed by atoms with Crippen molar-refractivity contribution in [1.82, 2.24) is 0 Å². The fraction of sp³-hybridized carbons (Fsp3) is 0.125. The molecule has 0 amide bonds. The normalized spacial score (nSPS) is 7.69. The molecule has 1 rings (SSSR count). The van der Waals surface area contributed by atoms with E-state index in [0.717, 1.165) is 6.42 Å². The van der Waals surface area contributed by atoms with E-state index in [1.54, 1.807) is 0 Å². The maximum Gasteiger partial charge on any atom is 2.00 e. The Kier molecular flexibility index (Phi) is 142. The third-order valence-corrected chi connectivity index (χ3v) is 0.586. The van der Waals surface area contributed by atoms with Crippen LogP contribution in [0.15, 0.2) is 18.2 Å². The van der Waals surface area contributed by atoms with Gasteiger partial charge in [-0.2, -0.15) is 6.08 Å². The molecule has 74 valence electrons. The van der Waals surface area contributed by atoms with Crippen molar-refractivity contribution in [2.45, 2.75) is 6.42 Å². The molecule has 0 fully saturated rings. The molecule has 0 aromatic heterocycles. The van der Waals surface area contributed by atoms with Gasteiger partial charge in [-0.15, -0.1) is 6.42 Å². The molecular formula is C8H11ClMoO3. The molecule has 5 heteroatoms. The Balaban J connectivity index is -0.0000000239. The predicted molar refractivity (Wildman–Crippen MR) is 42.9 cm³/mol. The maximum absolute atomic E-state index is 8.00. The van der Waals surface area contributed by atoms with Gasteiger partial charge in [0.25, 0.3) is 0 Å². The number of halogens is 1. The summed E-state index contributed by atoms with van der Waals surface area (Å²) < 4.78 is 0. The van der Waals surface area contributed by atoms with Gasteiger partial charge in [0.15, 0.2) is 0 Å². The summed E-state index contributed by atoms with van der Waals surface area (Å²) in [5.41, 5.74) is 0. The molecule has 1 aliphatic rings. The van der Waals surface area contributed by atoms with E-state index in [4.69, 9.17) is 14.4 Å². The minimum absolute atomic E-state index is 0. The largest absolute Gasteiger partial charge is 2.00 e. The van der Waals surface area contributed by atoms with Crippen LogP contribution < -0.4 is 12.4 Å². The van der Waals surface area contributed by atoms with E-state index in [0.29, 0.717) is 0 Å². The van der Waals surface area contributed by atoms with Gasteiger partial charge in [0.05, 0.1) is 0 Å². The Bertz CT molecular complexity index is 103. The second-order valence-corrected chi connectivity index (χ2v) is 1.00. The first-order valence-electron chi connectivity index (χ1n) is 2.58. The Morgan fingerprint density at radius 2 is 1.38 bits per heavy atom. The number of allylic oxidation sites excluding steroid dienone is 4. The fourth-order valence-corrected chi connectivity index (χ4v) is 0.340. The molecule has 0 heterocycles. The van der Waals surface area contributed by atoms with Crippen LogP contribution in [0.3, 0.4) is 0 Å². The van der Waals surface area contributed by atoms with Gasteiger partial charge in [-0.1, -0.05) is 0 Å². The minimum atomic E-state index is 0. The van der Waals surface area contributed by atoms with Crippen molar-refractivity contribution in [1.29, 1.82) is 0 Å². The number of hydrogen-bond donors (Lipinski definition) is 0. The maximum atomic E-state index is 8.00. The number of hydrogen-bond acceptors (Lipinski definition) is 3. The SMILES string of the molecule is C=O.C=O.C=O.[C-]1=CC=CC1.[Cl-].[Mo+2]. The average Bonchev–Trinajstić information content (AvgIpc) is 2.71. The van der Waals surface area contributed by atoms with Crippen molar-refractivity contribution in [3.8, 4) is 0 Å². The van der Waals surface area contributed by atoms with Crippen LogP contribution in [0.4, 0.5) is 0 Å². The minimum Gasteiger partial charge on any atom is -1.00 e. The van der Waals surface area contributed by atoms with Gasteiger partial charge in [0.2, 0.25) is 0 Å². The van der Waals surface area contributed by atoms with Crippen molar-refractivity contribution < 1.29 is 47.9 Å². The van der Waals surface area contributed by atoms with Gasteiger partial charge in [-0.05, 0) is 0 Å². The zero-order valence-corrected chi connectivity index (χ0v) is 9.83. The van der Waals surface area contributed by atoms with Gasteiger partial charge >= 0.3 is 21.1 Å². The van der Waals surface area contributed by atoms with Crippen molar-refractivity contribution in [2.75, 3.05) is 0 Å². The zero-order chi connectivity index (χ0) is 9.54. The van der Waals surface area contributed by atoms with Crippen molar-refractivity contribution >= 4 is 20.4 Å². The quantitative estimate of drug-likeness (QED) is 0.373. The second kappa shape index (κ2) is 62.9. The van der Waals surface area contributed by atoms with Crippen LogP contribution in [-0.2, 0) is 35.4 Å². The van der Waals surface area contributed by atoms with Gasteiger partial charge in [0, 0.05) is 0 Å². The summed E-state index contributed by atoms with van der Waals surface area (Å²) in [7, 11) is 0. The predicted octanol–water partition coefficient (Wildman–Crippen LogP) is -2.25. The second-order valence-electron chi connectivity index (χ2n) is 1.00. The molecule has 0 aliphatic heterocycles. The van der Waals surface area contributed by atoms with Gasteiger partial charge in [-0.3, -0.25) is 6.08 Å². The van der Waals surface area contributed by atoms with Crippen LogP contribution in [0.2, 0.25) is 0 Å². The Labute approximate surface area is 99.0 Å². The molecule has 0 radical (unpaired) electrons. The van der Waals surface area contributed by atoms with Gasteiger partial charge in [0.1, 0.15) is 20.4 Å². The standard InChI is InChI=1S/C5H5.3CH2O.ClH.Mo/c1-2-4-5-3-1;3*1-2;;/h1-3H,4H2;3*1H2;1H;/q-1;;;;;+2/p-1. The molecule has 3 nitrogen and oxygen atoms in total. The molecular weight excluding hydrogens is 275 g/mol. The molecule has 0 saturated heterocycles. The van der Waals surface area contributed by atoms with E-state index in [9.17, 15) is 0 Å². The topological polar surface area (TPSA) is 51.2 Å². The van der Waals surface area contributed by atoms with Crippen molar-refractivity contribution in [3.05, 3.63) is 24.3 Å². The molecule has 0 bridgehead atoms. The Hall–Kier alpha value is -0.532. The number of carbonyl (C=O) groups is 3. The zero-order valence-electron chi connectivity index (χ0n) is 7.07. The summed E-state index contributed by atoms with van der Waals surface area (Å²) in [4.78, 5) is 24.0. The molecule has 0 atom stereocenters. The van der Waals surface area contributed by atoms with E-state index in [2.05, 4.69) is 12.2 Å². The fourth-order valence-electron chi connectivity index (χ4n) is 0.340. The van der Waals surface area contributed by atoms with Crippen molar-refractivity contribution in [3.63, 3.8) is 0 Å². The molecule has 0 saturated carbocycles. The molecule has 1 aliphatic carbocycles. The smallest absolute Gasteiger partial charge is 1.00 e. The van der Waals surface area contributed by atoms with Crippen molar-refractivity contribution in [2.24, 2.45) is 0 Å². The monoisotopic (exact) mass is 288 g/mol. The Morgan fingerprint density at radius 1 is 1.00 bits per heavy atom. The average molecular weight is 287 g/mol. The summed E-state index contributed by atoms with van der Waals surface area (Å²) >= 11 is 0. The van der Waals surface area contributed by atoms with Crippen LogP contribution in [-0.4, -0.2) is 20.4 Å².